The number of hydrogen-bond donors (Lipinski definition) is 5. The molecule has 2 aromatic heterocycles. The second-order valence-corrected chi connectivity index (χ2v) is 10.1. The van der Waals surface area contributed by atoms with Crippen molar-refractivity contribution in [1.29, 1.82) is 0 Å². The topological polar surface area (TPSA) is 185 Å². The number of nitrogens with one attached hydrogen (secondary N) is 1. The van der Waals surface area contributed by atoms with E-state index in [0.29, 0.717) is 11.3 Å². The maximum Gasteiger partial charge on any atom is 0.350 e. The summed E-state index contributed by atoms with van der Waals surface area (Å²) >= 11 is 6.17. The van der Waals surface area contributed by atoms with Crippen molar-refractivity contribution >= 4 is 36.2 Å². The van der Waals surface area contributed by atoms with E-state index >= 15 is 0 Å². The Balaban J connectivity index is 1.39. The monoisotopic (exact) mass is 512 g/mol. The molecule has 0 bridgehead atoms. The average molecular weight is 513 g/mol. The van der Waals surface area contributed by atoms with Crippen LogP contribution in [0.3, 0.4) is 0 Å². The van der Waals surface area contributed by atoms with Crippen LogP contribution >= 0.6 is 19.2 Å². The molecule has 0 amide bonds. The Morgan fingerprint density at radius 1 is 1.24 bits per heavy atom. The van der Waals surface area contributed by atoms with Gasteiger partial charge >= 0.3 is 7.60 Å². The Morgan fingerprint density at radius 2 is 2.03 bits per heavy atom. The van der Waals surface area contributed by atoms with Crippen LogP contribution in [-0.2, 0) is 20.5 Å². The van der Waals surface area contributed by atoms with Gasteiger partial charge in [0.15, 0.2) is 23.2 Å². The molecule has 34 heavy (non-hydrogen) atoms. The molecular formula is C19H22ClN6O7P. The van der Waals surface area contributed by atoms with Gasteiger partial charge in [-0.15, -0.1) is 5.10 Å². The Hall–Kier alpha value is -2.22. The van der Waals surface area contributed by atoms with Crippen LogP contribution in [0.25, 0.3) is 11.2 Å². The standard InChI is InChI=1S/C19H22ClN6O7P/c20-19-22-16(21-11-6-5-9-3-1-2-4-10(9)11)13-17(23-19)26(25-24-13)18-15(28)14(27)12(33-18)7-32-8-34(29,30)31/h1-4,11-12,14-15,18,27-28H,5-8H2,(H,21,22,23)(H2,29,30,31)/t11-,12+,14+,15+,18+/m0/s1. The van der Waals surface area contributed by atoms with Gasteiger partial charge in [-0.3, -0.25) is 4.57 Å². The van der Waals surface area contributed by atoms with Crippen LogP contribution in [0.1, 0.15) is 29.8 Å². The highest BCUT2D eigenvalue weighted by atomic mass is 35.5. The van der Waals surface area contributed by atoms with Gasteiger partial charge in [0, 0.05) is 0 Å². The van der Waals surface area contributed by atoms with E-state index in [9.17, 15) is 14.8 Å². The number of rotatable bonds is 7. The maximum absolute atomic E-state index is 11.0. The number of aliphatic hydroxyl groups excluding tert-OH is 2. The molecule has 0 spiro atoms. The van der Waals surface area contributed by atoms with E-state index in [0.717, 1.165) is 18.4 Å². The number of aliphatic hydroxyl groups is 2. The lowest BCUT2D eigenvalue weighted by Crippen LogP contribution is -2.34. The number of anilines is 1. The minimum Gasteiger partial charge on any atom is -0.387 e. The van der Waals surface area contributed by atoms with Gasteiger partial charge in [0.1, 0.15) is 24.7 Å². The fraction of sp³-hybridized carbons (Fsp3) is 0.474. The van der Waals surface area contributed by atoms with Crippen LogP contribution < -0.4 is 5.32 Å². The summed E-state index contributed by atoms with van der Waals surface area (Å²) in [6, 6.07) is 8.11. The van der Waals surface area contributed by atoms with E-state index in [2.05, 4.69) is 37.7 Å². The van der Waals surface area contributed by atoms with Crippen LogP contribution in [0.15, 0.2) is 24.3 Å². The minimum atomic E-state index is -4.39. The molecule has 1 aliphatic carbocycles. The molecule has 3 heterocycles. The van der Waals surface area contributed by atoms with Crippen LogP contribution in [0.5, 0.6) is 0 Å². The van der Waals surface area contributed by atoms with Crippen molar-refractivity contribution in [3.63, 3.8) is 0 Å². The summed E-state index contributed by atoms with van der Waals surface area (Å²) in [5.74, 6) is 0.373. The van der Waals surface area contributed by atoms with Gasteiger partial charge in [0.05, 0.1) is 12.6 Å². The molecule has 5 atom stereocenters. The molecule has 0 unspecified atom stereocenters. The number of ether oxygens (including phenoxy) is 2. The largest absolute Gasteiger partial charge is 0.387 e. The molecule has 13 nitrogen and oxygen atoms in total. The van der Waals surface area contributed by atoms with E-state index in [1.807, 2.05) is 12.1 Å². The van der Waals surface area contributed by atoms with Gasteiger partial charge in [-0.25, -0.2) is 0 Å². The van der Waals surface area contributed by atoms with E-state index in [-0.39, 0.29) is 23.6 Å². The quantitative estimate of drug-likeness (QED) is 0.221. The molecule has 5 rings (SSSR count). The zero-order valence-corrected chi connectivity index (χ0v) is 19.2. The van der Waals surface area contributed by atoms with E-state index in [1.165, 1.54) is 10.2 Å². The summed E-state index contributed by atoms with van der Waals surface area (Å²) < 4.78 is 22.8. The smallest absolute Gasteiger partial charge is 0.350 e. The first-order valence-electron chi connectivity index (χ1n) is 10.5. The first-order chi connectivity index (χ1) is 16.2. The predicted octanol–water partition coefficient (Wildman–Crippen LogP) is 0.745. The number of aromatic nitrogens is 5. The molecule has 5 N–H and O–H groups in total. The second-order valence-electron chi connectivity index (χ2n) is 8.19. The van der Waals surface area contributed by atoms with Gasteiger partial charge in [0.25, 0.3) is 0 Å². The molecule has 0 saturated carbocycles. The first kappa shape index (κ1) is 23.5. The molecule has 0 radical (unpaired) electrons. The van der Waals surface area contributed by atoms with Gasteiger partial charge in [-0.2, -0.15) is 14.6 Å². The SMILES string of the molecule is O=P(O)(O)COC[C@H]1O[C@@H](n2nnc3c(N[C@H]4CCc5ccccc54)nc(Cl)nc32)[C@H](O)[C@@H]1O. The number of aryl methyl sites for hydroxylation is 1. The summed E-state index contributed by atoms with van der Waals surface area (Å²) in [6.45, 7) is -0.351. The molecule has 1 saturated heterocycles. The summed E-state index contributed by atoms with van der Waals surface area (Å²) in [7, 11) is -4.39. The summed E-state index contributed by atoms with van der Waals surface area (Å²) in [6.07, 6.45) is -4.12. The fourth-order valence-electron chi connectivity index (χ4n) is 4.30. The molecule has 2 aliphatic rings. The highest BCUT2D eigenvalue weighted by Gasteiger charge is 2.45. The zero-order valence-electron chi connectivity index (χ0n) is 17.6. The fourth-order valence-corrected chi connectivity index (χ4v) is 4.81. The molecule has 1 fully saturated rings. The van der Waals surface area contributed by atoms with Crippen molar-refractivity contribution in [2.45, 2.75) is 43.4 Å². The summed E-state index contributed by atoms with van der Waals surface area (Å²) in [5, 5.41) is 32.3. The normalized spacial score (nSPS) is 26.8. The summed E-state index contributed by atoms with van der Waals surface area (Å²) in [4.78, 5) is 26.3. The van der Waals surface area contributed by atoms with Crippen molar-refractivity contribution in [1.82, 2.24) is 25.0 Å². The van der Waals surface area contributed by atoms with Gasteiger partial charge in [-0.1, -0.05) is 29.5 Å². The lowest BCUT2D eigenvalue weighted by atomic mass is 10.1. The number of halogens is 1. The first-order valence-corrected chi connectivity index (χ1v) is 12.7. The van der Waals surface area contributed by atoms with Crippen molar-refractivity contribution in [3.05, 3.63) is 40.7 Å². The van der Waals surface area contributed by atoms with Crippen molar-refractivity contribution in [2.75, 3.05) is 18.3 Å². The molecule has 182 valence electrons. The minimum absolute atomic E-state index is 0.00112. The number of hydrogen-bond acceptors (Lipinski definition) is 10. The molecular weight excluding hydrogens is 491 g/mol. The van der Waals surface area contributed by atoms with Gasteiger partial charge in [0.2, 0.25) is 5.28 Å². The lowest BCUT2D eigenvalue weighted by Gasteiger charge is -2.16. The van der Waals surface area contributed by atoms with Crippen LogP contribution in [0, 0.1) is 0 Å². The van der Waals surface area contributed by atoms with Crippen molar-refractivity contribution in [2.24, 2.45) is 0 Å². The highest BCUT2D eigenvalue weighted by Crippen LogP contribution is 2.37. The molecule has 3 aromatic rings. The van der Waals surface area contributed by atoms with Crippen molar-refractivity contribution in [3.8, 4) is 0 Å². The van der Waals surface area contributed by atoms with Crippen LogP contribution in [-0.4, -0.2) is 76.2 Å². The van der Waals surface area contributed by atoms with Crippen molar-refractivity contribution < 1.29 is 34.0 Å². The van der Waals surface area contributed by atoms with E-state index < -0.39 is 38.5 Å². The second kappa shape index (κ2) is 9.10. The van der Waals surface area contributed by atoms with E-state index in [4.69, 9.17) is 30.9 Å². The predicted molar refractivity (Wildman–Crippen MR) is 118 cm³/mol. The summed E-state index contributed by atoms with van der Waals surface area (Å²) in [5.41, 5.74) is 2.90. The Labute approximate surface area is 197 Å². The van der Waals surface area contributed by atoms with Crippen LogP contribution in [0.2, 0.25) is 5.28 Å². The third kappa shape index (κ3) is 4.53. The molecule has 15 heteroatoms. The Kier molecular flexibility index (Phi) is 6.29. The third-order valence-electron chi connectivity index (χ3n) is 5.86. The average Bonchev–Trinajstić information content (AvgIpc) is 3.45. The number of fused-ring (bicyclic) bond motifs is 2. The maximum atomic E-state index is 11.0. The van der Waals surface area contributed by atoms with Crippen LogP contribution in [0.4, 0.5) is 5.82 Å². The van der Waals surface area contributed by atoms with E-state index in [1.54, 1.807) is 0 Å². The molecule has 1 aromatic carbocycles. The lowest BCUT2D eigenvalue weighted by molar-refractivity contribution is -0.0665. The third-order valence-corrected chi connectivity index (χ3v) is 6.55. The van der Waals surface area contributed by atoms with Gasteiger partial charge in [-0.05, 0) is 35.6 Å². The van der Waals surface area contributed by atoms with Gasteiger partial charge < -0.3 is 34.8 Å². The highest BCUT2D eigenvalue weighted by molar-refractivity contribution is 7.51. The zero-order chi connectivity index (χ0) is 24.0. The molecule has 1 aliphatic heterocycles. The number of nitrogens with zero attached hydrogens (tertiary/aromatic N) is 5. The Bertz CT molecular complexity index is 1260. The number of benzene rings is 1. The Morgan fingerprint density at radius 3 is 2.82 bits per heavy atom.